The second-order valence-electron chi connectivity index (χ2n) is 7.69. The van der Waals surface area contributed by atoms with Gasteiger partial charge in [-0.2, -0.15) is 4.89 Å². The Kier molecular flexibility index (Phi) is 15.2. The zero-order valence-corrected chi connectivity index (χ0v) is 18.5. The Hall–Kier alpha value is -0.960. The van der Waals surface area contributed by atoms with Crippen molar-refractivity contribution in [2.75, 3.05) is 6.61 Å². The smallest absolute Gasteiger partial charge is 0.494 e. The third kappa shape index (κ3) is 12.5. The molecule has 28 heavy (non-hydrogen) atoms. The fourth-order valence-corrected chi connectivity index (χ4v) is 3.78. The first-order chi connectivity index (χ1) is 13.6. The summed E-state index contributed by atoms with van der Waals surface area (Å²) >= 11 is 0. The molecule has 2 N–H and O–H groups in total. The maximum atomic E-state index is 10.9. The van der Waals surface area contributed by atoms with Crippen molar-refractivity contribution >= 4 is 8.03 Å². The van der Waals surface area contributed by atoms with Gasteiger partial charge < -0.3 is 9.84 Å². The van der Waals surface area contributed by atoms with Crippen LogP contribution in [0, 0.1) is 0 Å². The molecule has 0 saturated carbocycles. The van der Waals surface area contributed by atoms with Crippen molar-refractivity contribution in [3.63, 3.8) is 0 Å². The number of unbranched alkanes of at least 4 members (excludes halogenated alkanes) is 13. The first kappa shape index (κ1) is 25.1. The molecule has 0 aromatic heterocycles. The molecule has 0 radical (unpaired) electrons. The highest BCUT2D eigenvalue weighted by Crippen LogP contribution is 2.35. The topological polar surface area (TPSA) is 66.8 Å². The van der Waals surface area contributed by atoms with Crippen LogP contribution in [0.5, 0.6) is 5.75 Å². The molecule has 2 unspecified atom stereocenters. The molecule has 0 heterocycles. The highest BCUT2D eigenvalue weighted by atomic mass is 31.1. The lowest BCUT2D eigenvalue weighted by atomic mass is 10.0. The van der Waals surface area contributed by atoms with Crippen molar-refractivity contribution in [3.8, 4) is 5.75 Å². The van der Waals surface area contributed by atoms with E-state index in [0.29, 0.717) is 12.2 Å². The molecule has 0 aliphatic heterocycles. The summed E-state index contributed by atoms with van der Waals surface area (Å²) in [6.45, 7) is 2.96. The van der Waals surface area contributed by atoms with Crippen LogP contribution in [0.1, 0.15) is 108 Å². The summed E-state index contributed by atoms with van der Waals surface area (Å²) in [5, 5.41) is 9.53. The molecule has 0 amide bonds. The molecule has 5 heteroatoms. The Morgan fingerprint density at radius 2 is 1.21 bits per heavy atom. The van der Waals surface area contributed by atoms with Gasteiger partial charge in [0.15, 0.2) is 0 Å². The summed E-state index contributed by atoms with van der Waals surface area (Å²) in [5.74, 6) is -0.589. The number of ether oxygens (including phenoxy) is 1. The van der Waals surface area contributed by atoms with E-state index >= 15 is 0 Å². The molecule has 1 aromatic rings. The quantitative estimate of drug-likeness (QED) is 0.197. The van der Waals surface area contributed by atoms with Gasteiger partial charge in [0, 0.05) is 5.56 Å². The Balaban J connectivity index is 1.89. The number of benzene rings is 1. The van der Waals surface area contributed by atoms with Crippen molar-refractivity contribution in [2.45, 2.75) is 103 Å². The lowest BCUT2D eigenvalue weighted by molar-refractivity contribution is 0.243. The number of hydrogen-bond donors (Lipinski definition) is 2. The van der Waals surface area contributed by atoms with Crippen molar-refractivity contribution < 1.29 is 19.3 Å². The average Bonchev–Trinajstić information content (AvgIpc) is 2.70. The van der Waals surface area contributed by atoms with Crippen LogP contribution in [0.2, 0.25) is 0 Å². The van der Waals surface area contributed by atoms with Gasteiger partial charge in [-0.3, -0.25) is 0 Å². The number of aliphatic hydroxyl groups excluding tert-OH is 1. The first-order valence-electron chi connectivity index (χ1n) is 11.2. The van der Waals surface area contributed by atoms with Gasteiger partial charge in [-0.05, 0) is 35.3 Å². The molecule has 2 atom stereocenters. The predicted octanol–water partition coefficient (Wildman–Crippen LogP) is 7.27. The maximum absolute atomic E-state index is 10.9. The largest absolute Gasteiger partial charge is 0.542 e. The van der Waals surface area contributed by atoms with Crippen LogP contribution in [0.3, 0.4) is 0 Å². The van der Waals surface area contributed by atoms with E-state index in [2.05, 4.69) is 6.92 Å². The minimum absolute atomic E-state index is 0.437. The number of hydrogen-bond acceptors (Lipinski definition) is 3. The molecule has 160 valence electrons. The Morgan fingerprint density at radius 1 is 0.786 bits per heavy atom. The van der Waals surface area contributed by atoms with Crippen molar-refractivity contribution in [3.05, 3.63) is 29.8 Å². The van der Waals surface area contributed by atoms with Crippen LogP contribution in [0.4, 0.5) is 0 Å². The van der Waals surface area contributed by atoms with Crippen molar-refractivity contribution in [1.29, 1.82) is 0 Å². The zero-order chi connectivity index (χ0) is 20.5. The van der Waals surface area contributed by atoms with Crippen LogP contribution < -0.4 is 4.74 Å². The van der Waals surface area contributed by atoms with Gasteiger partial charge >= 0.3 is 13.9 Å². The molecular formula is C23H40O4P+. The third-order valence-electron chi connectivity index (χ3n) is 5.15. The molecule has 0 aliphatic rings. The normalized spacial score (nSPS) is 12.8. The molecule has 0 spiro atoms. The van der Waals surface area contributed by atoms with E-state index in [-0.39, 0.29) is 0 Å². The molecule has 1 aromatic carbocycles. The number of rotatable bonds is 18. The van der Waals surface area contributed by atoms with Crippen LogP contribution in [-0.2, 0) is 4.57 Å². The molecule has 0 fully saturated rings. The van der Waals surface area contributed by atoms with Crippen LogP contribution >= 0.6 is 8.03 Å². The highest BCUT2D eigenvalue weighted by Gasteiger charge is 2.27. The van der Waals surface area contributed by atoms with E-state index in [0.717, 1.165) is 12.2 Å². The molecule has 0 bridgehead atoms. The van der Waals surface area contributed by atoms with Crippen LogP contribution in [0.25, 0.3) is 0 Å². The number of aliphatic hydroxyl groups is 1. The van der Waals surface area contributed by atoms with Crippen molar-refractivity contribution in [1.82, 2.24) is 0 Å². The van der Waals surface area contributed by atoms with Gasteiger partial charge in [0.2, 0.25) is 0 Å². The summed E-state index contributed by atoms with van der Waals surface area (Å²) in [7, 11) is -2.61. The van der Waals surface area contributed by atoms with Crippen LogP contribution in [-0.4, -0.2) is 16.6 Å². The first-order valence-corrected chi connectivity index (χ1v) is 12.5. The van der Waals surface area contributed by atoms with Gasteiger partial charge in [-0.25, -0.2) is 0 Å². The SMILES string of the molecule is CCCCCCCCCCCCCCCCOc1ccc(C(O)[P+](=O)O)cc1. The lowest BCUT2D eigenvalue weighted by Gasteiger charge is -2.07. The summed E-state index contributed by atoms with van der Waals surface area (Å²) in [5.41, 5.74) is 0.437. The summed E-state index contributed by atoms with van der Waals surface area (Å²) in [4.78, 5) is 8.92. The minimum Gasteiger partial charge on any atom is -0.494 e. The molecule has 0 saturated heterocycles. The van der Waals surface area contributed by atoms with Gasteiger partial charge in [0.05, 0.1) is 6.61 Å². The summed E-state index contributed by atoms with van der Waals surface area (Å²) in [6, 6.07) is 6.74. The standard InChI is InChI=1S/C23H39O4P/c1-2-3-4-5-6-7-8-9-10-11-12-13-14-15-20-27-22-18-16-21(17-19-22)23(24)28(25)26/h16-19,23-24H,2-15,20H2,1H3/p+1. The van der Waals surface area contributed by atoms with Crippen LogP contribution in [0.15, 0.2) is 24.3 Å². The summed E-state index contributed by atoms with van der Waals surface area (Å²) in [6.07, 6.45) is 18.8. The Bertz CT molecular complexity index is 504. The third-order valence-corrected chi connectivity index (χ3v) is 5.87. The monoisotopic (exact) mass is 411 g/mol. The van der Waals surface area contributed by atoms with Gasteiger partial charge in [0.25, 0.3) is 0 Å². The maximum Gasteiger partial charge on any atom is 0.542 e. The van der Waals surface area contributed by atoms with Gasteiger partial charge in [-0.15, -0.1) is 0 Å². The lowest BCUT2D eigenvalue weighted by Crippen LogP contribution is -1.98. The Morgan fingerprint density at radius 3 is 1.64 bits per heavy atom. The molecule has 1 rings (SSSR count). The zero-order valence-electron chi connectivity index (χ0n) is 17.7. The average molecular weight is 412 g/mol. The Labute approximate surface area is 172 Å². The van der Waals surface area contributed by atoms with E-state index in [4.69, 9.17) is 9.63 Å². The van der Waals surface area contributed by atoms with Gasteiger partial charge in [-0.1, -0.05) is 90.4 Å². The second kappa shape index (κ2) is 16.9. The molecule has 4 nitrogen and oxygen atoms in total. The second-order valence-corrected chi connectivity index (χ2v) is 8.78. The highest BCUT2D eigenvalue weighted by molar-refractivity contribution is 7.38. The predicted molar refractivity (Wildman–Crippen MR) is 117 cm³/mol. The van der Waals surface area contributed by atoms with E-state index in [1.165, 1.54) is 83.5 Å². The summed E-state index contributed by atoms with van der Waals surface area (Å²) < 4.78 is 16.6. The van der Waals surface area contributed by atoms with Gasteiger partial charge in [0.1, 0.15) is 5.75 Å². The fourth-order valence-electron chi connectivity index (χ4n) is 3.35. The van der Waals surface area contributed by atoms with E-state index in [1.54, 1.807) is 24.3 Å². The fraction of sp³-hybridized carbons (Fsp3) is 0.739. The minimum atomic E-state index is -2.61. The molecule has 0 aliphatic carbocycles. The van der Waals surface area contributed by atoms with Crippen molar-refractivity contribution in [2.24, 2.45) is 0 Å². The van der Waals surface area contributed by atoms with E-state index in [9.17, 15) is 9.67 Å². The van der Waals surface area contributed by atoms with E-state index < -0.39 is 13.9 Å². The van der Waals surface area contributed by atoms with E-state index in [1.807, 2.05) is 0 Å². The molecular weight excluding hydrogens is 371 g/mol.